The lowest BCUT2D eigenvalue weighted by Gasteiger charge is -2.46. The van der Waals surface area contributed by atoms with Crippen LogP contribution in [0.25, 0.3) is 0 Å². The van der Waals surface area contributed by atoms with Gasteiger partial charge in [0, 0.05) is 37.1 Å². The molecular formula is C24H24FN5O2. The minimum Gasteiger partial charge on any atom is -0.338 e. The van der Waals surface area contributed by atoms with Crippen molar-refractivity contribution in [2.45, 2.75) is 38.3 Å². The molecule has 0 N–H and O–H groups in total. The van der Waals surface area contributed by atoms with E-state index in [0.29, 0.717) is 44.5 Å². The second-order valence-electron chi connectivity index (χ2n) is 8.59. The number of hydrogen-bond acceptors (Lipinski definition) is 4. The van der Waals surface area contributed by atoms with Crippen LogP contribution in [-0.2, 0) is 16.9 Å². The van der Waals surface area contributed by atoms with Crippen LogP contribution in [0.3, 0.4) is 0 Å². The standard InChI is InChI=1S/C24H24FN5O2/c1-17-14-21-29(16-18-6-10-26-11-7-18)22(31)15-24(30(21)27-17)8-12-28(13-9-24)23(32)19-2-4-20(25)5-3-19/h2-7,10-11,14H,8-9,12-13,15-16H2,1H3. The highest BCUT2D eigenvalue weighted by atomic mass is 19.1. The zero-order chi connectivity index (χ0) is 22.3. The average molecular weight is 433 g/mol. The molecule has 2 aliphatic heterocycles. The van der Waals surface area contributed by atoms with Gasteiger partial charge >= 0.3 is 0 Å². The molecule has 0 unspecified atom stereocenters. The summed E-state index contributed by atoms with van der Waals surface area (Å²) in [5.41, 5.74) is 1.91. The maximum absolute atomic E-state index is 13.3. The van der Waals surface area contributed by atoms with Gasteiger partial charge in [-0.2, -0.15) is 5.10 Å². The van der Waals surface area contributed by atoms with Crippen molar-refractivity contribution in [2.24, 2.45) is 0 Å². The summed E-state index contributed by atoms with van der Waals surface area (Å²) in [5, 5.41) is 4.76. The van der Waals surface area contributed by atoms with E-state index in [1.54, 1.807) is 22.2 Å². The lowest BCUT2D eigenvalue weighted by molar-refractivity contribution is -0.123. The third kappa shape index (κ3) is 3.55. The molecule has 3 aromatic rings. The van der Waals surface area contributed by atoms with Gasteiger partial charge in [-0.25, -0.2) is 9.07 Å². The van der Waals surface area contributed by atoms with Crippen LogP contribution in [0.4, 0.5) is 10.2 Å². The summed E-state index contributed by atoms with van der Waals surface area (Å²) in [7, 11) is 0. The number of benzene rings is 1. The smallest absolute Gasteiger partial charge is 0.253 e. The Kier molecular flexibility index (Phi) is 5.00. The fourth-order valence-electron chi connectivity index (χ4n) is 4.74. The van der Waals surface area contributed by atoms with E-state index in [1.165, 1.54) is 24.3 Å². The minimum atomic E-state index is -0.436. The first-order valence-electron chi connectivity index (χ1n) is 10.8. The number of hydrogen-bond donors (Lipinski definition) is 0. The Morgan fingerprint density at radius 3 is 2.47 bits per heavy atom. The predicted molar refractivity (Wildman–Crippen MR) is 117 cm³/mol. The molecule has 0 aliphatic carbocycles. The van der Waals surface area contributed by atoms with Crippen LogP contribution in [0, 0.1) is 12.7 Å². The molecule has 2 aromatic heterocycles. The first kappa shape index (κ1) is 20.4. The van der Waals surface area contributed by atoms with Crippen molar-refractivity contribution in [1.82, 2.24) is 19.7 Å². The third-order valence-corrected chi connectivity index (χ3v) is 6.48. The van der Waals surface area contributed by atoms with Gasteiger partial charge < -0.3 is 4.90 Å². The van der Waals surface area contributed by atoms with E-state index in [2.05, 4.69) is 4.98 Å². The van der Waals surface area contributed by atoms with Gasteiger partial charge in [-0.15, -0.1) is 0 Å². The van der Waals surface area contributed by atoms with Crippen molar-refractivity contribution >= 4 is 17.6 Å². The van der Waals surface area contributed by atoms with Crippen LogP contribution in [-0.4, -0.2) is 44.6 Å². The van der Waals surface area contributed by atoms with E-state index in [-0.39, 0.29) is 17.6 Å². The Balaban J connectivity index is 1.38. The first-order valence-corrected chi connectivity index (χ1v) is 10.8. The summed E-state index contributed by atoms with van der Waals surface area (Å²) < 4.78 is 15.2. The Labute approximate surface area is 185 Å². The molecule has 5 rings (SSSR count). The molecule has 32 heavy (non-hydrogen) atoms. The van der Waals surface area contributed by atoms with Crippen molar-refractivity contribution in [3.63, 3.8) is 0 Å². The van der Waals surface area contributed by atoms with Gasteiger partial charge in [-0.3, -0.25) is 19.5 Å². The number of nitrogens with zero attached hydrogens (tertiary/aromatic N) is 5. The fraction of sp³-hybridized carbons (Fsp3) is 0.333. The number of anilines is 1. The number of fused-ring (bicyclic) bond motifs is 2. The minimum absolute atomic E-state index is 0.0625. The molecule has 0 radical (unpaired) electrons. The molecule has 2 amide bonds. The Morgan fingerprint density at radius 1 is 1.09 bits per heavy atom. The summed E-state index contributed by atoms with van der Waals surface area (Å²) in [5.74, 6) is 0.386. The molecule has 1 saturated heterocycles. The van der Waals surface area contributed by atoms with E-state index < -0.39 is 5.54 Å². The van der Waals surface area contributed by atoms with Gasteiger partial charge in [0.15, 0.2) is 0 Å². The lowest BCUT2D eigenvalue weighted by atomic mass is 9.82. The quantitative estimate of drug-likeness (QED) is 0.636. The zero-order valence-electron chi connectivity index (χ0n) is 17.9. The number of pyridine rings is 1. The monoisotopic (exact) mass is 433 g/mol. The Hall–Kier alpha value is -3.55. The van der Waals surface area contributed by atoms with Crippen LogP contribution < -0.4 is 4.90 Å². The summed E-state index contributed by atoms with van der Waals surface area (Å²) in [6.07, 6.45) is 5.08. The largest absolute Gasteiger partial charge is 0.338 e. The molecule has 8 heteroatoms. The molecule has 1 spiro atoms. The normalized spacial score (nSPS) is 17.5. The third-order valence-electron chi connectivity index (χ3n) is 6.48. The van der Waals surface area contributed by atoms with E-state index in [0.717, 1.165) is 17.1 Å². The van der Waals surface area contributed by atoms with Gasteiger partial charge in [0.05, 0.1) is 24.2 Å². The topological polar surface area (TPSA) is 71.3 Å². The molecule has 2 aliphatic rings. The van der Waals surface area contributed by atoms with Crippen LogP contribution in [0.5, 0.6) is 0 Å². The van der Waals surface area contributed by atoms with Gasteiger partial charge in [-0.1, -0.05) is 0 Å². The molecule has 164 valence electrons. The second kappa shape index (κ2) is 7.85. The van der Waals surface area contributed by atoms with Crippen molar-refractivity contribution in [2.75, 3.05) is 18.0 Å². The number of aryl methyl sites for hydroxylation is 1. The number of piperidine rings is 1. The fourth-order valence-corrected chi connectivity index (χ4v) is 4.74. The van der Waals surface area contributed by atoms with Crippen molar-refractivity contribution in [3.8, 4) is 0 Å². The molecule has 0 atom stereocenters. The predicted octanol–water partition coefficient (Wildman–Crippen LogP) is 3.29. The van der Waals surface area contributed by atoms with Crippen LogP contribution in [0.2, 0.25) is 0 Å². The number of likely N-dealkylation sites (tertiary alicyclic amines) is 1. The van der Waals surface area contributed by atoms with Gasteiger partial charge in [0.25, 0.3) is 5.91 Å². The summed E-state index contributed by atoms with van der Waals surface area (Å²) in [6.45, 7) is 3.44. The number of carbonyl (C=O) groups excluding carboxylic acids is 2. The molecule has 4 heterocycles. The number of amides is 2. The maximum atomic E-state index is 13.3. The van der Waals surface area contributed by atoms with E-state index >= 15 is 0 Å². The van der Waals surface area contributed by atoms with Crippen LogP contribution in [0.15, 0.2) is 54.9 Å². The molecule has 1 aromatic carbocycles. The average Bonchev–Trinajstić information content (AvgIpc) is 3.20. The molecule has 7 nitrogen and oxygen atoms in total. The van der Waals surface area contributed by atoms with E-state index in [9.17, 15) is 14.0 Å². The highest BCUT2D eigenvalue weighted by molar-refractivity contribution is 5.95. The Bertz CT molecular complexity index is 1150. The van der Waals surface area contributed by atoms with E-state index in [4.69, 9.17) is 5.10 Å². The van der Waals surface area contributed by atoms with Crippen molar-refractivity contribution in [1.29, 1.82) is 0 Å². The molecule has 0 bridgehead atoms. The lowest BCUT2D eigenvalue weighted by Crippen LogP contribution is -2.54. The second-order valence-corrected chi connectivity index (χ2v) is 8.59. The van der Waals surface area contributed by atoms with Crippen LogP contribution >= 0.6 is 0 Å². The van der Waals surface area contributed by atoms with Crippen molar-refractivity contribution < 1.29 is 14.0 Å². The molecular weight excluding hydrogens is 409 g/mol. The molecule has 1 fully saturated rings. The van der Waals surface area contributed by atoms with E-state index in [1.807, 2.05) is 29.8 Å². The summed E-state index contributed by atoms with van der Waals surface area (Å²) in [4.78, 5) is 33.7. The van der Waals surface area contributed by atoms with Gasteiger partial charge in [-0.05, 0) is 61.7 Å². The number of carbonyl (C=O) groups is 2. The number of rotatable bonds is 3. The zero-order valence-corrected chi connectivity index (χ0v) is 17.9. The number of halogens is 1. The van der Waals surface area contributed by atoms with Crippen LogP contribution in [0.1, 0.15) is 40.9 Å². The SMILES string of the molecule is Cc1cc2n(n1)C1(CCN(C(=O)c3ccc(F)cc3)CC1)CC(=O)N2Cc1ccncc1. The summed E-state index contributed by atoms with van der Waals surface area (Å²) in [6, 6.07) is 11.4. The highest BCUT2D eigenvalue weighted by Gasteiger charge is 2.46. The first-order chi connectivity index (χ1) is 15.4. The summed E-state index contributed by atoms with van der Waals surface area (Å²) >= 11 is 0. The maximum Gasteiger partial charge on any atom is 0.253 e. The van der Waals surface area contributed by atoms with Crippen molar-refractivity contribution in [3.05, 3.63) is 77.5 Å². The molecule has 0 saturated carbocycles. The van der Waals surface area contributed by atoms with Gasteiger partial charge in [0.2, 0.25) is 5.91 Å². The Morgan fingerprint density at radius 2 is 1.78 bits per heavy atom. The highest BCUT2D eigenvalue weighted by Crippen LogP contribution is 2.42. The number of aromatic nitrogens is 3. The van der Waals surface area contributed by atoms with Gasteiger partial charge in [0.1, 0.15) is 11.6 Å².